The molecule has 88 valence electrons. The van der Waals surface area contributed by atoms with E-state index in [4.69, 9.17) is 0 Å². The first-order chi connectivity index (χ1) is 7.51. The van der Waals surface area contributed by atoms with Crippen LogP contribution in [-0.4, -0.2) is 30.8 Å². The fourth-order valence-corrected chi connectivity index (χ4v) is 3.05. The maximum Gasteiger partial charge on any atom is 0.247 e. The molecule has 1 aromatic rings. The van der Waals surface area contributed by atoms with Crippen molar-refractivity contribution >= 4 is 10.0 Å². The third kappa shape index (κ3) is 1.90. The van der Waals surface area contributed by atoms with Crippen LogP contribution in [-0.2, 0) is 10.0 Å². The number of pyridine rings is 1. The summed E-state index contributed by atoms with van der Waals surface area (Å²) in [6, 6.07) is 2.67. The molecule has 1 heterocycles. The van der Waals surface area contributed by atoms with Gasteiger partial charge in [0.05, 0.1) is 4.90 Å². The van der Waals surface area contributed by atoms with Gasteiger partial charge in [-0.25, -0.2) is 8.42 Å². The maximum absolute atomic E-state index is 12.1. The Labute approximate surface area is 94.2 Å². The number of aromatic nitrogens is 1. The van der Waals surface area contributed by atoms with Crippen LogP contribution in [0.3, 0.4) is 0 Å². The average Bonchev–Trinajstić information content (AvgIpc) is 2.15. The van der Waals surface area contributed by atoms with E-state index in [1.807, 2.05) is 0 Å². The highest BCUT2D eigenvalue weighted by Gasteiger charge is 2.31. The molecule has 16 heavy (non-hydrogen) atoms. The second kappa shape index (κ2) is 4.03. The van der Waals surface area contributed by atoms with Crippen molar-refractivity contribution in [3.05, 3.63) is 28.7 Å². The highest BCUT2D eigenvalue weighted by molar-refractivity contribution is 7.89. The second-order valence-electron chi connectivity index (χ2n) is 3.99. The number of sulfonamides is 1. The summed E-state index contributed by atoms with van der Waals surface area (Å²) in [6.07, 6.45) is 4.15. The van der Waals surface area contributed by atoms with Crippen LogP contribution in [0.15, 0.2) is 28.0 Å². The van der Waals surface area contributed by atoms with Crippen LogP contribution in [0.1, 0.15) is 19.3 Å². The first-order valence-electron chi connectivity index (χ1n) is 5.18. The molecule has 0 radical (unpaired) electrons. The molecule has 0 spiro atoms. The smallest absolute Gasteiger partial charge is 0.247 e. The molecule has 0 atom stereocenters. The van der Waals surface area contributed by atoms with E-state index in [2.05, 4.69) is 4.98 Å². The summed E-state index contributed by atoms with van der Waals surface area (Å²) < 4.78 is 25.6. The molecule has 0 saturated heterocycles. The Morgan fingerprint density at radius 2 is 2.06 bits per heavy atom. The molecule has 1 aliphatic carbocycles. The quantitative estimate of drug-likeness (QED) is 0.841. The number of nitrogens with one attached hydrogen (secondary N) is 1. The normalized spacial score (nSPS) is 17.4. The molecule has 1 aromatic heterocycles. The van der Waals surface area contributed by atoms with Crippen molar-refractivity contribution in [1.29, 1.82) is 0 Å². The zero-order valence-corrected chi connectivity index (χ0v) is 9.83. The van der Waals surface area contributed by atoms with E-state index in [-0.39, 0.29) is 16.5 Å². The number of hydrogen-bond donors (Lipinski definition) is 1. The van der Waals surface area contributed by atoms with Crippen LogP contribution in [0.4, 0.5) is 0 Å². The predicted molar refractivity (Wildman–Crippen MR) is 59.7 cm³/mol. The Hall–Kier alpha value is -1.14. The van der Waals surface area contributed by atoms with Crippen molar-refractivity contribution in [3.8, 4) is 0 Å². The summed E-state index contributed by atoms with van der Waals surface area (Å²) in [5.74, 6) is 0. The minimum Gasteiger partial charge on any atom is -0.328 e. The summed E-state index contributed by atoms with van der Waals surface area (Å²) in [4.78, 5) is 13.4. The topological polar surface area (TPSA) is 70.2 Å². The van der Waals surface area contributed by atoms with Gasteiger partial charge in [0.1, 0.15) is 0 Å². The van der Waals surface area contributed by atoms with Gasteiger partial charge < -0.3 is 4.98 Å². The average molecular weight is 242 g/mol. The first-order valence-corrected chi connectivity index (χ1v) is 6.62. The summed E-state index contributed by atoms with van der Waals surface area (Å²) >= 11 is 0. The number of rotatable bonds is 3. The monoisotopic (exact) mass is 242 g/mol. The molecule has 0 amide bonds. The number of hydrogen-bond acceptors (Lipinski definition) is 3. The minimum absolute atomic E-state index is 0.108. The Morgan fingerprint density at radius 1 is 1.38 bits per heavy atom. The van der Waals surface area contributed by atoms with E-state index in [0.717, 1.165) is 19.3 Å². The van der Waals surface area contributed by atoms with Crippen LogP contribution in [0, 0.1) is 0 Å². The standard InChI is InChI=1S/C10H14N2O3S/c1-12(8-3-2-4-8)16(14,15)9-5-6-10(13)11-7-9/h5-8H,2-4H2,1H3,(H,11,13). The molecule has 0 aromatic carbocycles. The first kappa shape index (κ1) is 11.3. The van der Waals surface area contributed by atoms with Gasteiger partial charge in [-0.15, -0.1) is 0 Å². The molecule has 1 aliphatic rings. The van der Waals surface area contributed by atoms with Gasteiger partial charge in [0.25, 0.3) is 0 Å². The van der Waals surface area contributed by atoms with E-state index in [1.54, 1.807) is 7.05 Å². The molecule has 0 aliphatic heterocycles. The Balaban J connectivity index is 2.30. The van der Waals surface area contributed by atoms with E-state index >= 15 is 0 Å². The van der Waals surface area contributed by atoms with Gasteiger partial charge in [-0.2, -0.15) is 4.31 Å². The van der Waals surface area contributed by atoms with Gasteiger partial charge in [-0.05, 0) is 18.9 Å². The SMILES string of the molecule is CN(C1CCC1)S(=O)(=O)c1ccc(=O)[nH]c1. The van der Waals surface area contributed by atoms with Crippen LogP contribution in [0.25, 0.3) is 0 Å². The van der Waals surface area contributed by atoms with E-state index in [1.165, 1.54) is 22.6 Å². The Kier molecular flexibility index (Phi) is 2.86. The second-order valence-corrected chi connectivity index (χ2v) is 5.99. The van der Waals surface area contributed by atoms with Crippen molar-refractivity contribution < 1.29 is 8.42 Å². The maximum atomic E-state index is 12.1. The van der Waals surface area contributed by atoms with Crippen molar-refractivity contribution in [3.63, 3.8) is 0 Å². The molecule has 6 heteroatoms. The lowest BCUT2D eigenvalue weighted by Crippen LogP contribution is -2.41. The van der Waals surface area contributed by atoms with E-state index < -0.39 is 10.0 Å². The highest BCUT2D eigenvalue weighted by atomic mass is 32.2. The lowest BCUT2D eigenvalue weighted by Gasteiger charge is -2.33. The highest BCUT2D eigenvalue weighted by Crippen LogP contribution is 2.27. The number of H-pyrrole nitrogens is 1. The van der Waals surface area contributed by atoms with Crippen LogP contribution < -0.4 is 5.56 Å². The van der Waals surface area contributed by atoms with Crippen LogP contribution >= 0.6 is 0 Å². The third-order valence-electron chi connectivity index (χ3n) is 3.02. The van der Waals surface area contributed by atoms with Crippen molar-refractivity contribution in [2.75, 3.05) is 7.05 Å². The molecular formula is C10H14N2O3S. The molecule has 5 nitrogen and oxygen atoms in total. The summed E-state index contributed by atoms with van der Waals surface area (Å²) in [5, 5.41) is 0. The van der Waals surface area contributed by atoms with Crippen LogP contribution in [0.2, 0.25) is 0 Å². The van der Waals surface area contributed by atoms with Crippen LogP contribution in [0.5, 0.6) is 0 Å². The molecule has 0 unspecified atom stereocenters. The fourth-order valence-electron chi connectivity index (χ4n) is 1.67. The number of aromatic amines is 1. The van der Waals surface area contributed by atoms with E-state index in [0.29, 0.717) is 0 Å². The third-order valence-corrected chi connectivity index (χ3v) is 4.93. The number of nitrogens with zero attached hydrogens (tertiary/aromatic N) is 1. The van der Waals surface area contributed by atoms with Crippen molar-refractivity contribution in [2.45, 2.75) is 30.2 Å². The zero-order chi connectivity index (χ0) is 11.8. The van der Waals surface area contributed by atoms with Gasteiger partial charge in [-0.1, -0.05) is 6.42 Å². The van der Waals surface area contributed by atoms with Gasteiger partial charge >= 0.3 is 0 Å². The van der Waals surface area contributed by atoms with Crippen molar-refractivity contribution in [2.24, 2.45) is 0 Å². The van der Waals surface area contributed by atoms with Gasteiger partial charge in [0, 0.05) is 25.4 Å². The molecule has 1 fully saturated rings. The van der Waals surface area contributed by atoms with Gasteiger partial charge in [0.15, 0.2) is 0 Å². The van der Waals surface area contributed by atoms with Crippen molar-refractivity contribution in [1.82, 2.24) is 9.29 Å². The molecule has 0 bridgehead atoms. The molecule has 1 N–H and O–H groups in total. The molecular weight excluding hydrogens is 228 g/mol. The van der Waals surface area contributed by atoms with E-state index in [9.17, 15) is 13.2 Å². The lowest BCUT2D eigenvalue weighted by atomic mass is 9.94. The summed E-state index contributed by atoms with van der Waals surface area (Å²) in [6.45, 7) is 0. The molecule has 2 rings (SSSR count). The van der Waals surface area contributed by atoms with Gasteiger partial charge in [0.2, 0.25) is 15.6 Å². The predicted octanol–water partition coefficient (Wildman–Crippen LogP) is 0.548. The van der Waals surface area contributed by atoms with Gasteiger partial charge in [-0.3, -0.25) is 4.79 Å². The molecule has 1 saturated carbocycles. The summed E-state index contributed by atoms with van der Waals surface area (Å²) in [7, 11) is -1.87. The zero-order valence-electron chi connectivity index (χ0n) is 9.01. The minimum atomic E-state index is -3.45. The largest absolute Gasteiger partial charge is 0.328 e. The summed E-state index contributed by atoms with van der Waals surface area (Å²) in [5.41, 5.74) is -0.301. The Bertz CT molecular complexity index is 511. The lowest BCUT2D eigenvalue weighted by molar-refractivity contribution is 0.249. The fraction of sp³-hybridized carbons (Fsp3) is 0.500. The Morgan fingerprint density at radius 3 is 2.50 bits per heavy atom.